The molecule has 0 unspecified atom stereocenters. The van der Waals surface area contributed by atoms with Gasteiger partial charge in [-0.05, 0) is 38.1 Å². The highest BCUT2D eigenvalue weighted by molar-refractivity contribution is 7.90. The smallest absolute Gasteiger partial charge is 0.238 e. The highest BCUT2D eigenvalue weighted by Crippen LogP contribution is 2.08. The normalized spacial score (nSPS) is 11.9. The second-order valence-electron chi connectivity index (χ2n) is 5.25. The number of anilines is 1. The average Bonchev–Trinajstić information content (AvgIpc) is 2.36. The maximum Gasteiger partial charge on any atom is 0.238 e. The SMILES string of the molecule is CC(C)N(CCS(C)(=O)=O)CC(=O)Nc1ccc(F)cc1. The number of nitrogens with one attached hydrogen (secondary N) is 1. The molecule has 118 valence electrons. The van der Waals surface area contributed by atoms with E-state index in [4.69, 9.17) is 0 Å². The van der Waals surface area contributed by atoms with Crippen LogP contribution in [-0.2, 0) is 14.6 Å². The van der Waals surface area contributed by atoms with Gasteiger partial charge in [0.05, 0.1) is 12.3 Å². The summed E-state index contributed by atoms with van der Waals surface area (Å²) in [6, 6.07) is 5.53. The van der Waals surface area contributed by atoms with E-state index in [9.17, 15) is 17.6 Å². The first-order valence-electron chi connectivity index (χ1n) is 6.64. The number of halogens is 1. The number of hydrogen-bond donors (Lipinski definition) is 1. The van der Waals surface area contributed by atoms with Gasteiger partial charge in [0.15, 0.2) is 0 Å². The number of carbonyl (C=O) groups is 1. The van der Waals surface area contributed by atoms with E-state index in [1.807, 2.05) is 13.8 Å². The average molecular weight is 316 g/mol. The standard InChI is InChI=1S/C14H21FN2O3S/c1-11(2)17(8-9-21(3,19)20)10-14(18)16-13-6-4-12(15)5-7-13/h4-7,11H,8-10H2,1-3H3,(H,16,18). The topological polar surface area (TPSA) is 66.5 Å². The van der Waals surface area contributed by atoms with Crippen molar-refractivity contribution in [2.75, 3.05) is 30.4 Å². The minimum absolute atomic E-state index is 0.00894. The van der Waals surface area contributed by atoms with Crippen LogP contribution in [0.4, 0.5) is 10.1 Å². The van der Waals surface area contributed by atoms with E-state index >= 15 is 0 Å². The Labute approximate surface area is 125 Å². The maximum atomic E-state index is 12.8. The maximum absolute atomic E-state index is 12.8. The van der Waals surface area contributed by atoms with Gasteiger partial charge in [-0.1, -0.05) is 0 Å². The number of nitrogens with zero attached hydrogens (tertiary/aromatic N) is 1. The van der Waals surface area contributed by atoms with Crippen molar-refractivity contribution >= 4 is 21.4 Å². The summed E-state index contributed by atoms with van der Waals surface area (Å²) in [5, 5.41) is 2.65. The molecule has 1 aromatic carbocycles. The molecular formula is C14H21FN2O3S. The Balaban J connectivity index is 2.58. The molecule has 7 heteroatoms. The molecule has 0 spiro atoms. The van der Waals surface area contributed by atoms with E-state index < -0.39 is 9.84 Å². The summed E-state index contributed by atoms with van der Waals surface area (Å²) in [6.07, 6.45) is 1.17. The van der Waals surface area contributed by atoms with Crippen LogP contribution in [0.15, 0.2) is 24.3 Å². The molecule has 0 bridgehead atoms. The molecule has 1 rings (SSSR count). The third-order valence-corrected chi connectivity index (χ3v) is 3.88. The summed E-state index contributed by atoms with van der Waals surface area (Å²) < 4.78 is 35.2. The van der Waals surface area contributed by atoms with Crippen molar-refractivity contribution in [2.45, 2.75) is 19.9 Å². The molecule has 1 amide bonds. The lowest BCUT2D eigenvalue weighted by atomic mass is 10.3. The minimum Gasteiger partial charge on any atom is -0.325 e. The van der Waals surface area contributed by atoms with Crippen LogP contribution in [0.3, 0.4) is 0 Å². The van der Waals surface area contributed by atoms with Crippen LogP contribution in [0, 0.1) is 5.82 Å². The molecule has 0 atom stereocenters. The van der Waals surface area contributed by atoms with Gasteiger partial charge >= 0.3 is 0 Å². The Morgan fingerprint density at radius 1 is 1.29 bits per heavy atom. The molecule has 1 N–H and O–H groups in total. The van der Waals surface area contributed by atoms with Crippen molar-refractivity contribution in [3.8, 4) is 0 Å². The van der Waals surface area contributed by atoms with E-state index in [1.54, 1.807) is 4.90 Å². The zero-order valence-corrected chi connectivity index (χ0v) is 13.3. The molecular weight excluding hydrogens is 295 g/mol. The first-order valence-corrected chi connectivity index (χ1v) is 8.70. The van der Waals surface area contributed by atoms with Gasteiger partial charge in [-0.2, -0.15) is 0 Å². The van der Waals surface area contributed by atoms with Crippen LogP contribution in [0.1, 0.15) is 13.8 Å². The van der Waals surface area contributed by atoms with E-state index in [2.05, 4.69) is 5.32 Å². The van der Waals surface area contributed by atoms with Crippen molar-refractivity contribution in [1.82, 2.24) is 4.90 Å². The third kappa shape index (κ3) is 7.19. The Bertz CT molecular complexity index is 570. The van der Waals surface area contributed by atoms with Gasteiger partial charge < -0.3 is 5.32 Å². The minimum atomic E-state index is -3.07. The summed E-state index contributed by atoms with van der Waals surface area (Å²) in [7, 11) is -3.07. The fourth-order valence-electron chi connectivity index (χ4n) is 1.72. The Morgan fingerprint density at radius 3 is 2.33 bits per heavy atom. The van der Waals surface area contributed by atoms with Crippen LogP contribution in [0.2, 0.25) is 0 Å². The van der Waals surface area contributed by atoms with Crippen molar-refractivity contribution in [3.05, 3.63) is 30.1 Å². The van der Waals surface area contributed by atoms with Gasteiger partial charge in [0.25, 0.3) is 0 Å². The van der Waals surface area contributed by atoms with Crippen molar-refractivity contribution in [3.63, 3.8) is 0 Å². The first kappa shape index (κ1) is 17.6. The number of amides is 1. The second-order valence-corrected chi connectivity index (χ2v) is 7.51. The lowest BCUT2D eigenvalue weighted by molar-refractivity contribution is -0.117. The van der Waals surface area contributed by atoms with Gasteiger partial charge in [0.2, 0.25) is 5.91 Å². The van der Waals surface area contributed by atoms with Crippen molar-refractivity contribution in [1.29, 1.82) is 0 Å². The summed E-state index contributed by atoms with van der Waals surface area (Å²) in [5.41, 5.74) is 0.508. The van der Waals surface area contributed by atoms with Crippen molar-refractivity contribution < 1.29 is 17.6 Å². The van der Waals surface area contributed by atoms with Crippen LogP contribution in [0.5, 0.6) is 0 Å². The van der Waals surface area contributed by atoms with Gasteiger partial charge in [-0.25, -0.2) is 12.8 Å². The van der Waals surface area contributed by atoms with Gasteiger partial charge in [0.1, 0.15) is 15.7 Å². The largest absolute Gasteiger partial charge is 0.325 e. The zero-order valence-electron chi connectivity index (χ0n) is 12.5. The molecule has 0 aromatic heterocycles. The van der Waals surface area contributed by atoms with Crippen LogP contribution < -0.4 is 5.32 Å². The third-order valence-electron chi connectivity index (χ3n) is 2.95. The van der Waals surface area contributed by atoms with E-state index in [0.717, 1.165) is 0 Å². The van der Waals surface area contributed by atoms with Gasteiger partial charge in [-0.3, -0.25) is 9.69 Å². The number of sulfone groups is 1. The van der Waals surface area contributed by atoms with E-state index in [1.165, 1.54) is 30.5 Å². The van der Waals surface area contributed by atoms with Crippen molar-refractivity contribution in [2.24, 2.45) is 0 Å². The lowest BCUT2D eigenvalue weighted by Crippen LogP contribution is -2.40. The fourth-order valence-corrected chi connectivity index (χ4v) is 2.29. The molecule has 0 saturated carbocycles. The highest BCUT2D eigenvalue weighted by Gasteiger charge is 2.16. The summed E-state index contributed by atoms with van der Waals surface area (Å²) in [5.74, 6) is -0.622. The monoisotopic (exact) mass is 316 g/mol. The molecule has 0 saturated heterocycles. The van der Waals surface area contributed by atoms with Gasteiger partial charge in [0, 0.05) is 24.5 Å². The number of carbonyl (C=O) groups excluding carboxylic acids is 1. The Kier molecular flexibility index (Phi) is 6.29. The predicted molar refractivity (Wildman–Crippen MR) is 81.4 cm³/mol. The summed E-state index contributed by atoms with van der Waals surface area (Å²) in [4.78, 5) is 13.7. The molecule has 21 heavy (non-hydrogen) atoms. The number of rotatable bonds is 7. The number of benzene rings is 1. The molecule has 1 aromatic rings. The van der Waals surface area contributed by atoms with Crippen LogP contribution in [0.25, 0.3) is 0 Å². The molecule has 0 fully saturated rings. The second kappa shape index (κ2) is 7.51. The molecule has 0 aliphatic rings. The summed E-state index contributed by atoms with van der Waals surface area (Å²) in [6.45, 7) is 4.18. The quantitative estimate of drug-likeness (QED) is 0.828. The fraction of sp³-hybridized carbons (Fsp3) is 0.500. The molecule has 0 aliphatic carbocycles. The highest BCUT2D eigenvalue weighted by atomic mass is 32.2. The predicted octanol–water partition coefficient (Wildman–Crippen LogP) is 1.52. The molecule has 0 aliphatic heterocycles. The lowest BCUT2D eigenvalue weighted by Gasteiger charge is -2.25. The molecule has 5 nitrogen and oxygen atoms in total. The van der Waals surface area contributed by atoms with E-state index in [-0.39, 0.29) is 30.1 Å². The zero-order chi connectivity index (χ0) is 16.0. The van der Waals surface area contributed by atoms with Crippen LogP contribution in [-0.4, -0.2) is 50.4 Å². The van der Waals surface area contributed by atoms with E-state index in [0.29, 0.717) is 12.2 Å². The first-order chi connectivity index (χ1) is 9.67. The van der Waals surface area contributed by atoms with Crippen LogP contribution >= 0.6 is 0 Å². The summed E-state index contributed by atoms with van der Waals surface area (Å²) >= 11 is 0. The molecule has 0 heterocycles. The Morgan fingerprint density at radius 2 is 1.86 bits per heavy atom. The van der Waals surface area contributed by atoms with Gasteiger partial charge in [-0.15, -0.1) is 0 Å². The number of hydrogen-bond acceptors (Lipinski definition) is 4. The molecule has 0 radical (unpaired) electrons. The Hall–Kier alpha value is -1.47.